The fourth-order valence-electron chi connectivity index (χ4n) is 1.11. The highest BCUT2D eigenvalue weighted by molar-refractivity contribution is 5.68. The quantitative estimate of drug-likeness (QED) is 0.752. The van der Waals surface area contributed by atoms with E-state index < -0.39 is 5.97 Å². The fourth-order valence-corrected chi connectivity index (χ4v) is 1.11. The lowest BCUT2D eigenvalue weighted by Crippen LogP contribution is -2.10. The molecular formula is C10H12O4. The van der Waals surface area contributed by atoms with Gasteiger partial charge in [-0.25, -0.2) is 4.79 Å². The zero-order valence-corrected chi connectivity index (χ0v) is 7.86. The number of hydrogen-bond acceptors (Lipinski definition) is 3. The van der Waals surface area contributed by atoms with E-state index in [0.717, 1.165) is 11.1 Å². The largest absolute Gasteiger partial charge is 0.482 e. The van der Waals surface area contributed by atoms with E-state index in [-0.39, 0.29) is 13.2 Å². The summed E-state index contributed by atoms with van der Waals surface area (Å²) < 4.78 is 5.02. The molecule has 1 aromatic rings. The maximum atomic E-state index is 10.2. The second-order valence-electron chi connectivity index (χ2n) is 2.94. The second kappa shape index (κ2) is 4.62. The Morgan fingerprint density at radius 1 is 1.50 bits per heavy atom. The Balaban J connectivity index is 2.73. The van der Waals surface area contributed by atoms with E-state index in [1.54, 1.807) is 25.1 Å². The van der Waals surface area contributed by atoms with Gasteiger partial charge in [-0.05, 0) is 24.1 Å². The van der Waals surface area contributed by atoms with Crippen LogP contribution in [0.1, 0.15) is 11.1 Å². The number of benzene rings is 1. The molecule has 0 aliphatic heterocycles. The van der Waals surface area contributed by atoms with Gasteiger partial charge in [-0.15, -0.1) is 0 Å². The summed E-state index contributed by atoms with van der Waals surface area (Å²) in [6, 6.07) is 5.12. The van der Waals surface area contributed by atoms with Crippen molar-refractivity contribution in [2.75, 3.05) is 6.61 Å². The molecule has 4 heteroatoms. The van der Waals surface area contributed by atoms with E-state index in [9.17, 15) is 4.79 Å². The molecule has 76 valence electrons. The predicted octanol–water partition coefficient (Wildman–Crippen LogP) is 0.951. The summed E-state index contributed by atoms with van der Waals surface area (Å²) in [6.07, 6.45) is 0. The summed E-state index contributed by atoms with van der Waals surface area (Å²) in [5, 5.41) is 17.2. The first-order valence-corrected chi connectivity index (χ1v) is 4.18. The number of aliphatic hydroxyl groups excluding tert-OH is 1. The molecule has 14 heavy (non-hydrogen) atoms. The first-order chi connectivity index (χ1) is 6.63. The van der Waals surface area contributed by atoms with Gasteiger partial charge in [0.2, 0.25) is 0 Å². The molecule has 0 bridgehead atoms. The van der Waals surface area contributed by atoms with Gasteiger partial charge in [0.05, 0.1) is 6.61 Å². The number of ether oxygens (including phenoxy) is 1. The van der Waals surface area contributed by atoms with Crippen LogP contribution in [0, 0.1) is 6.92 Å². The highest BCUT2D eigenvalue weighted by Crippen LogP contribution is 2.18. The molecule has 4 nitrogen and oxygen atoms in total. The minimum atomic E-state index is -1.00. The average Bonchev–Trinajstić information content (AvgIpc) is 2.15. The first kappa shape index (κ1) is 10.5. The third-order valence-electron chi connectivity index (χ3n) is 1.77. The topological polar surface area (TPSA) is 66.8 Å². The molecule has 1 aromatic carbocycles. The van der Waals surface area contributed by atoms with Crippen molar-refractivity contribution in [1.29, 1.82) is 0 Å². The van der Waals surface area contributed by atoms with Crippen LogP contribution in [0.25, 0.3) is 0 Å². The number of aliphatic hydroxyl groups is 1. The molecule has 1 rings (SSSR count). The standard InChI is InChI=1S/C10H12O4/c1-7-4-8(5-11)2-3-9(7)14-6-10(12)13/h2-4,11H,5-6H2,1H3,(H,12,13). The highest BCUT2D eigenvalue weighted by Gasteiger charge is 2.03. The van der Waals surface area contributed by atoms with Gasteiger partial charge < -0.3 is 14.9 Å². The molecule has 0 atom stereocenters. The van der Waals surface area contributed by atoms with E-state index in [1.165, 1.54) is 0 Å². The Bertz CT molecular complexity index is 333. The molecule has 0 fully saturated rings. The van der Waals surface area contributed by atoms with Crippen LogP contribution in [0.15, 0.2) is 18.2 Å². The lowest BCUT2D eigenvalue weighted by Gasteiger charge is -2.07. The van der Waals surface area contributed by atoms with Gasteiger partial charge in [-0.1, -0.05) is 12.1 Å². The number of rotatable bonds is 4. The lowest BCUT2D eigenvalue weighted by molar-refractivity contribution is -0.139. The molecular weight excluding hydrogens is 184 g/mol. The van der Waals surface area contributed by atoms with Gasteiger partial charge in [0, 0.05) is 0 Å². The number of carboxylic acids is 1. The first-order valence-electron chi connectivity index (χ1n) is 4.18. The van der Waals surface area contributed by atoms with Gasteiger partial charge in [0.1, 0.15) is 5.75 Å². The Kier molecular flexibility index (Phi) is 3.48. The van der Waals surface area contributed by atoms with E-state index in [4.69, 9.17) is 14.9 Å². The Labute approximate surface area is 81.8 Å². The van der Waals surface area contributed by atoms with E-state index in [0.29, 0.717) is 5.75 Å². The van der Waals surface area contributed by atoms with Crippen LogP contribution in [0.4, 0.5) is 0 Å². The van der Waals surface area contributed by atoms with E-state index in [1.807, 2.05) is 0 Å². The van der Waals surface area contributed by atoms with Gasteiger partial charge in [0.25, 0.3) is 0 Å². The number of aryl methyl sites for hydroxylation is 1. The van der Waals surface area contributed by atoms with Gasteiger partial charge >= 0.3 is 5.97 Å². The molecule has 0 unspecified atom stereocenters. The minimum Gasteiger partial charge on any atom is -0.482 e. The van der Waals surface area contributed by atoms with Gasteiger partial charge in [-0.2, -0.15) is 0 Å². The number of carbonyl (C=O) groups is 1. The number of hydrogen-bond donors (Lipinski definition) is 2. The van der Waals surface area contributed by atoms with Crippen LogP contribution < -0.4 is 4.74 Å². The molecule has 0 saturated heterocycles. The average molecular weight is 196 g/mol. The molecule has 0 amide bonds. The van der Waals surface area contributed by atoms with Crippen LogP contribution in [0.3, 0.4) is 0 Å². The minimum absolute atomic E-state index is 0.0277. The van der Waals surface area contributed by atoms with Crippen LogP contribution in [0.5, 0.6) is 5.75 Å². The lowest BCUT2D eigenvalue weighted by atomic mass is 10.1. The summed E-state index contributed by atoms with van der Waals surface area (Å²) >= 11 is 0. The van der Waals surface area contributed by atoms with Crippen LogP contribution in [0.2, 0.25) is 0 Å². The molecule has 0 spiro atoms. The molecule has 0 aliphatic rings. The maximum Gasteiger partial charge on any atom is 0.341 e. The summed E-state index contributed by atoms with van der Waals surface area (Å²) in [5.74, 6) is -0.472. The molecule has 2 N–H and O–H groups in total. The maximum absolute atomic E-state index is 10.2. The summed E-state index contributed by atoms with van der Waals surface area (Å²) in [5.41, 5.74) is 1.60. The smallest absolute Gasteiger partial charge is 0.341 e. The normalized spacial score (nSPS) is 9.86. The zero-order chi connectivity index (χ0) is 10.6. The third kappa shape index (κ3) is 2.74. The third-order valence-corrected chi connectivity index (χ3v) is 1.77. The van der Waals surface area contributed by atoms with Crippen LogP contribution in [-0.2, 0) is 11.4 Å². The van der Waals surface area contributed by atoms with Crippen molar-refractivity contribution in [2.45, 2.75) is 13.5 Å². The molecule has 0 heterocycles. The van der Waals surface area contributed by atoms with Crippen LogP contribution in [-0.4, -0.2) is 22.8 Å². The molecule has 0 radical (unpaired) electrons. The van der Waals surface area contributed by atoms with Gasteiger partial charge in [-0.3, -0.25) is 0 Å². The Morgan fingerprint density at radius 2 is 2.21 bits per heavy atom. The molecule has 0 saturated carbocycles. The van der Waals surface area contributed by atoms with Crippen molar-refractivity contribution in [2.24, 2.45) is 0 Å². The molecule has 0 aliphatic carbocycles. The van der Waals surface area contributed by atoms with Crippen molar-refractivity contribution in [3.05, 3.63) is 29.3 Å². The van der Waals surface area contributed by atoms with Gasteiger partial charge in [0.15, 0.2) is 6.61 Å². The monoisotopic (exact) mass is 196 g/mol. The molecule has 0 aromatic heterocycles. The Hall–Kier alpha value is -1.55. The summed E-state index contributed by atoms with van der Waals surface area (Å²) in [7, 11) is 0. The van der Waals surface area contributed by atoms with Crippen LogP contribution >= 0.6 is 0 Å². The summed E-state index contributed by atoms with van der Waals surface area (Å²) in [4.78, 5) is 10.2. The fraction of sp³-hybridized carbons (Fsp3) is 0.300. The van der Waals surface area contributed by atoms with E-state index in [2.05, 4.69) is 0 Å². The summed E-state index contributed by atoms with van der Waals surface area (Å²) in [6.45, 7) is 1.43. The van der Waals surface area contributed by atoms with Crippen molar-refractivity contribution in [3.8, 4) is 5.75 Å². The number of aliphatic carboxylic acids is 1. The highest BCUT2D eigenvalue weighted by atomic mass is 16.5. The van der Waals surface area contributed by atoms with Crippen molar-refractivity contribution < 1.29 is 19.7 Å². The zero-order valence-electron chi connectivity index (χ0n) is 7.86. The SMILES string of the molecule is Cc1cc(CO)ccc1OCC(=O)O. The number of carboxylic acid groups (broad SMARTS) is 1. The van der Waals surface area contributed by atoms with Crippen molar-refractivity contribution in [3.63, 3.8) is 0 Å². The second-order valence-corrected chi connectivity index (χ2v) is 2.94. The van der Waals surface area contributed by atoms with Crippen molar-refractivity contribution >= 4 is 5.97 Å². The Morgan fingerprint density at radius 3 is 2.71 bits per heavy atom. The van der Waals surface area contributed by atoms with E-state index >= 15 is 0 Å². The predicted molar refractivity (Wildman–Crippen MR) is 50.2 cm³/mol. The van der Waals surface area contributed by atoms with Crippen molar-refractivity contribution in [1.82, 2.24) is 0 Å².